The first-order valence-electron chi connectivity index (χ1n) is 7.26. The lowest BCUT2D eigenvalue weighted by atomic mass is 10.1. The van der Waals surface area contributed by atoms with Crippen LogP contribution in [0.1, 0.15) is 22.6 Å². The molecule has 2 rings (SSSR count). The number of rotatable bonds is 7. The normalized spacial score (nSPS) is 11.7. The third kappa shape index (κ3) is 5.93. The molecule has 2 aromatic rings. The zero-order chi connectivity index (χ0) is 16.8. The summed E-state index contributed by atoms with van der Waals surface area (Å²) in [6.07, 6.45) is 3.36. The number of anilines is 1. The molecule has 0 spiro atoms. The Bertz CT molecular complexity index is 679. The van der Waals surface area contributed by atoms with E-state index in [4.69, 9.17) is 17.3 Å². The summed E-state index contributed by atoms with van der Waals surface area (Å²) in [4.78, 5) is 17.6. The molecule has 0 aliphatic rings. The zero-order valence-corrected chi connectivity index (χ0v) is 16.7. The fraction of sp³-hybridized carbons (Fsp3) is 0.375. The number of carbonyl (C=O) groups excluding carboxylic acids is 1. The molecule has 1 amide bonds. The minimum absolute atomic E-state index is 0. The fourth-order valence-electron chi connectivity index (χ4n) is 2.03. The zero-order valence-electron chi connectivity index (χ0n) is 13.5. The maximum Gasteiger partial charge on any atom is 0.243 e. The second kappa shape index (κ2) is 10.3. The lowest BCUT2D eigenvalue weighted by Gasteiger charge is -2.09. The minimum atomic E-state index is -0.501. The summed E-state index contributed by atoms with van der Waals surface area (Å²) in [5.41, 5.74) is 7.83. The van der Waals surface area contributed by atoms with Crippen molar-refractivity contribution < 1.29 is 4.79 Å². The first-order chi connectivity index (χ1) is 11.0. The number of thioether (sulfide) groups is 1. The van der Waals surface area contributed by atoms with Gasteiger partial charge in [0.2, 0.25) is 5.91 Å². The third-order valence-corrected chi connectivity index (χ3v) is 5.49. The van der Waals surface area contributed by atoms with Crippen molar-refractivity contribution in [2.24, 2.45) is 5.73 Å². The van der Waals surface area contributed by atoms with Gasteiger partial charge in [0.1, 0.15) is 0 Å². The maximum absolute atomic E-state index is 12.1. The van der Waals surface area contributed by atoms with Gasteiger partial charge in [-0.05, 0) is 37.0 Å². The molecule has 0 saturated heterocycles. The van der Waals surface area contributed by atoms with Crippen LogP contribution in [0.15, 0.2) is 24.3 Å². The number of nitrogens with two attached hydrogens (primary N) is 1. The molecular formula is C16H21Cl2N3OS2. The smallest absolute Gasteiger partial charge is 0.243 e. The first-order valence-corrected chi connectivity index (χ1v) is 9.85. The Balaban J connectivity index is 0.00000288. The Morgan fingerprint density at radius 2 is 2.17 bits per heavy atom. The number of hydrogen-bond acceptors (Lipinski definition) is 5. The molecule has 132 valence electrons. The van der Waals surface area contributed by atoms with E-state index in [0.717, 1.165) is 26.9 Å². The van der Waals surface area contributed by atoms with Crippen molar-refractivity contribution in [1.82, 2.24) is 4.98 Å². The van der Waals surface area contributed by atoms with E-state index in [1.54, 1.807) is 11.8 Å². The Morgan fingerprint density at radius 1 is 1.46 bits per heavy atom. The topological polar surface area (TPSA) is 68.0 Å². The van der Waals surface area contributed by atoms with Crippen LogP contribution in [0.3, 0.4) is 0 Å². The number of aromatic nitrogens is 1. The van der Waals surface area contributed by atoms with E-state index >= 15 is 0 Å². The molecule has 3 N–H and O–H groups in total. The average Bonchev–Trinajstić information content (AvgIpc) is 2.86. The van der Waals surface area contributed by atoms with Crippen molar-refractivity contribution in [2.75, 3.05) is 17.3 Å². The highest BCUT2D eigenvalue weighted by atomic mass is 35.5. The summed E-state index contributed by atoms with van der Waals surface area (Å²) in [5, 5.41) is 4.15. The van der Waals surface area contributed by atoms with Crippen LogP contribution >= 0.6 is 47.1 Å². The molecule has 1 aromatic heterocycles. The van der Waals surface area contributed by atoms with Gasteiger partial charge in [-0.1, -0.05) is 29.8 Å². The standard InChI is InChI=1S/C16H20ClN3OS2.ClH/c1-10-14(9-11-5-3-4-6-12(11)17)23-16(19-10)20-15(21)13(18)7-8-22-2;/h3-6,13H,7-9,18H2,1-2H3,(H,19,20,21);1H/t13-;/m0./s1. The van der Waals surface area contributed by atoms with Crippen LogP contribution < -0.4 is 11.1 Å². The van der Waals surface area contributed by atoms with Crippen LogP contribution in [0.5, 0.6) is 0 Å². The van der Waals surface area contributed by atoms with Gasteiger partial charge in [-0.2, -0.15) is 11.8 Å². The van der Waals surface area contributed by atoms with Crippen molar-refractivity contribution in [1.29, 1.82) is 0 Å². The Kier molecular flexibility index (Phi) is 9.08. The molecule has 0 unspecified atom stereocenters. The second-order valence-electron chi connectivity index (χ2n) is 5.17. The molecule has 24 heavy (non-hydrogen) atoms. The number of amides is 1. The molecule has 0 fully saturated rings. The summed E-state index contributed by atoms with van der Waals surface area (Å²) >= 11 is 9.35. The molecule has 0 aliphatic carbocycles. The molecule has 0 bridgehead atoms. The highest BCUT2D eigenvalue weighted by molar-refractivity contribution is 7.98. The predicted molar refractivity (Wildman–Crippen MR) is 108 cm³/mol. The van der Waals surface area contributed by atoms with Gasteiger partial charge >= 0.3 is 0 Å². The van der Waals surface area contributed by atoms with Crippen LogP contribution in [-0.4, -0.2) is 28.9 Å². The number of benzene rings is 1. The fourth-order valence-corrected chi connectivity index (χ4v) is 3.72. The monoisotopic (exact) mass is 405 g/mol. The second-order valence-corrected chi connectivity index (χ2v) is 7.65. The molecule has 0 saturated carbocycles. The molecule has 4 nitrogen and oxygen atoms in total. The van der Waals surface area contributed by atoms with E-state index in [-0.39, 0.29) is 18.3 Å². The van der Waals surface area contributed by atoms with Crippen LogP contribution in [0.4, 0.5) is 5.13 Å². The van der Waals surface area contributed by atoms with Gasteiger partial charge in [-0.25, -0.2) is 4.98 Å². The number of nitrogens with one attached hydrogen (secondary N) is 1. The van der Waals surface area contributed by atoms with Crippen molar-refractivity contribution in [3.8, 4) is 0 Å². The van der Waals surface area contributed by atoms with Gasteiger partial charge in [0, 0.05) is 16.3 Å². The van der Waals surface area contributed by atoms with E-state index < -0.39 is 6.04 Å². The predicted octanol–water partition coefficient (Wildman–Crippen LogP) is 4.14. The van der Waals surface area contributed by atoms with Gasteiger partial charge in [0.15, 0.2) is 5.13 Å². The third-order valence-electron chi connectivity index (χ3n) is 3.40. The van der Waals surface area contributed by atoms with E-state index in [1.165, 1.54) is 11.3 Å². The van der Waals surface area contributed by atoms with E-state index in [2.05, 4.69) is 10.3 Å². The summed E-state index contributed by atoms with van der Waals surface area (Å²) < 4.78 is 0. The first kappa shape index (κ1) is 21.3. The molecule has 0 radical (unpaired) electrons. The lowest BCUT2D eigenvalue weighted by Crippen LogP contribution is -2.36. The number of carbonyl (C=O) groups is 1. The highest BCUT2D eigenvalue weighted by Gasteiger charge is 2.16. The van der Waals surface area contributed by atoms with Crippen LogP contribution in [0.25, 0.3) is 0 Å². The number of aryl methyl sites for hydroxylation is 1. The van der Waals surface area contributed by atoms with Crippen molar-refractivity contribution in [3.63, 3.8) is 0 Å². The van der Waals surface area contributed by atoms with Crippen molar-refractivity contribution in [3.05, 3.63) is 45.4 Å². The number of thiazole rings is 1. The summed E-state index contributed by atoms with van der Waals surface area (Å²) in [5.74, 6) is 0.681. The summed E-state index contributed by atoms with van der Waals surface area (Å²) in [7, 11) is 0. The van der Waals surface area contributed by atoms with Gasteiger partial charge < -0.3 is 11.1 Å². The molecule has 8 heteroatoms. The summed E-state index contributed by atoms with van der Waals surface area (Å²) in [6, 6.07) is 7.25. The quantitative estimate of drug-likeness (QED) is 0.725. The largest absolute Gasteiger partial charge is 0.320 e. The molecule has 1 aromatic carbocycles. The Morgan fingerprint density at radius 3 is 2.83 bits per heavy atom. The Hall–Kier alpha value is -0.790. The van der Waals surface area contributed by atoms with Crippen molar-refractivity contribution >= 4 is 58.1 Å². The molecule has 1 heterocycles. The maximum atomic E-state index is 12.1. The van der Waals surface area contributed by atoms with Gasteiger partial charge in [0.25, 0.3) is 0 Å². The number of halogens is 2. The van der Waals surface area contributed by atoms with E-state index in [9.17, 15) is 4.79 Å². The van der Waals surface area contributed by atoms with Crippen LogP contribution in [0.2, 0.25) is 5.02 Å². The van der Waals surface area contributed by atoms with Gasteiger partial charge in [0.05, 0.1) is 11.7 Å². The minimum Gasteiger partial charge on any atom is -0.320 e. The Labute approximate surface area is 162 Å². The van der Waals surface area contributed by atoms with E-state index in [0.29, 0.717) is 18.0 Å². The van der Waals surface area contributed by atoms with E-state index in [1.807, 2.05) is 37.4 Å². The SMILES string of the molecule is CSCC[C@H](N)C(=O)Nc1nc(C)c(Cc2ccccc2Cl)s1.Cl. The molecule has 0 aliphatic heterocycles. The van der Waals surface area contributed by atoms with Crippen molar-refractivity contribution in [2.45, 2.75) is 25.8 Å². The molecular weight excluding hydrogens is 385 g/mol. The average molecular weight is 406 g/mol. The van der Waals surface area contributed by atoms with Gasteiger partial charge in [-0.15, -0.1) is 23.7 Å². The van der Waals surface area contributed by atoms with Gasteiger partial charge in [-0.3, -0.25) is 4.79 Å². The lowest BCUT2D eigenvalue weighted by molar-refractivity contribution is -0.117. The van der Waals surface area contributed by atoms with Crippen LogP contribution in [-0.2, 0) is 11.2 Å². The number of hydrogen-bond donors (Lipinski definition) is 2. The summed E-state index contributed by atoms with van der Waals surface area (Å²) in [6.45, 7) is 1.94. The number of nitrogens with zero attached hydrogens (tertiary/aromatic N) is 1. The van der Waals surface area contributed by atoms with Crippen LogP contribution in [0, 0.1) is 6.92 Å². The molecule has 1 atom stereocenters. The highest BCUT2D eigenvalue weighted by Crippen LogP contribution is 2.27.